The van der Waals surface area contributed by atoms with E-state index in [4.69, 9.17) is 4.74 Å². The molecule has 14 atom stereocenters. The molecular weight excluding hydrogens is 1230 g/mol. The summed E-state index contributed by atoms with van der Waals surface area (Å²) in [6.45, 7) is 28.7. The minimum atomic E-state index is -1.82. The number of carboxylic acids is 1. The summed E-state index contributed by atoms with van der Waals surface area (Å²) < 4.78 is 6.51. The molecule has 26 heteroatoms. The number of aliphatic hydroxyl groups excluding tert-OH is 1. The van der Waals surface area contributed by atoms with Crippen LogP contribution in [0.3, 0.4) is 0 Å². The van der Waals surface area contributed by atoms with Crippen LogP contribution in [0.2, 0.25) is 0 Å². The van der Waals surface area contributed by atoms with Crippen molar-refractivity contribution in [1.82, 2.24) is 55.1 Å². The first-order valence-electron chi connectivity index (χ1n) is 33.8. The fourth-order valence-electron chi connectivity index (χ4n) is 12.5. The normalized spacial score (nSPS) is 27.3. The van der Waals surface area contributed by atoms with Gasteiger partial charge in [0.15, 0.2) is 6.23 Å². The smallest absolute Gasteiger partial charge is 0.335 e. The Kier molecular flexibility index (Phi) is 31.2. The summed E-state index contributed by atoms with van der Waals surface area (Å²) >= 11 is 0. The Hall–Kier alpha value is -7.48. The second kappa shape index (κ2) is 36.2. The fraction of sp³-hybridized carbons (Fsp3) is 0.714. The van der Waals surface area contributed by atoms with Gasteiger partial charge in [0, 0.05) is 54.9 Å². The van der Waals surface area contributed by atoms with E-state index in [0.717, 1.165) is 14.7 Å². The third kappa shape index (κ3) is 20.8. The van der Waals surface area contributed by atoms with Crippen molar-refractivity contribution in [2.45, 2.75) is 229 Å². The third-order valence-electron chi connectivity index (χ3n) is 18.3. The summed E-state index contributed by atoms with van der Waals surface area (Å²) in [5.41, 5.74) is 0.107. The van der Waals surface area contributed by atoms with E-state index in [-0.39, 0.29) is 66.9 Å². The number of amides is 11. The largest absolute Gasteiger partial charge is 0.478 e. The van der Waals surface area contributed by atoms with Gasteiger partial charge in [-0.2, -0.15) is 0 Å². The van der Waals surface area contributed by atoms with E-state index >= 15 is 24.0 Å². The highest BCUT2D eigenvalue weighted by Gasteiger charge is 2.54. The van der Waals surface area contributed by atoms with Crippen LogP contribution in [0.1, 0.15) is 172 Å². The van der Waals surface area contributed by atoms with E-state index in [9.17, 15) is 43.8 Å². The van der Waals surface area contributed by atoms with Crippen molar-refractivity contribution in [3.05, 3.63) is 47.5 Å². The van der Waals surface area contributed by atoms with Crippen LogP contribution in [0, 0.1) is 41.4 Å². The number of likely N-dealkylation sites (N-methyl/N-ethyl adjacent to an activating group) is 7. The average Bonchev–Trinajstić information content (AvgIpc) is 1.55. The van der Waals surface area contributed by atoms with Gasteiger partial charge in [-0.25, -0.2) is 4.79 Å². The monoisotopic (exact) mass is 1350 g/mol. The number of aliphatic hydroxyl groups is 1. The van der Waals surface area contributed by atoms with Crippen molar-refractivity contribution in [1.29, 1.82) is 0 Å². The Morgan fingerprint density at radius 1 is 0.521 bits per heavy atom. The molecule has 2 aliphatic rings. The molecule has 1 aromatic rings. The Bertz CT molecular complexity index is 2940. The fourth-order valence-corrected chi connectivity index (χ4v) is 12.5. The van der Waals surface area contributed by atoms with Gasteiger partial charge in [-0.15, -0.1) is 0 Å². The lowest BCUT2D eigenvalue weighted by atomic mass is 9.90. The number of hydrogen-bond acceptors (Lipinski definition) is 14. The summed E-state index contributed by atoms with van der Waals surface area (Å²) in [6, 6.07) is -7.97. The second-order valence-electron chi connectivity index (χ2n) is 28.9. The Labute approximate surface area is 569 Å². The first-order valence-corrected chi connectivity index (χ1v) is 33.8. The number of benzene rings is 1. The molecule has 0 spiro atoms. The zero-order chi connectivity index (χ0) is 73.6. The number of fused-ring (bicyclic) bond motifs is 1. The lowest BCUT2D eigenvalue weighted by Gasteiger charge is -2.43. The predicted molar refractivity (Wildman–Crippen MR) is 364 cm³/mol. The molecule has 2 saturated heterocycles. The van der Waals surface area contributed by atoms with Gasteiger partial charge in [-0.3, -0.25) is 57.6 Å². The van der Waals surface area contributed by atoms with Crippen molar-refractivity contribution in [3.63, 3.8) is 0 Å². The number of allylic oxidation sites excluding steroid dienone is 2. The summed E-state index contributed by atoms with van der Waals surface area (Å²) in [5, 5.41) is 30.8. The van der Waals surface area contributed by atoms with Crippen molar-refractivity contribution >= 4 is 70.9 Å². The number of aromatic carboxylic acids is 1. The van der Waals surface area contributed by atoms with Crippen molar-refractivity contribution in [3.8, 4) is 0 Å². The van der Waals surface area contributed by atoms with E-state index < -0.39 is 174 Å². The molecule has 540 valence electrons. The van der Waals surface area contributed by atoms with Crippen LogP contribution in [0.5, 0.6) is 0 Å². The molecule has 0 aromatic heterocycles. The van der Waals surface area contributed by atoms with Crippen LogP contribution in [-0.2, 0) is 57.5 Å². The van der Waals surface area contributed by atoms with Crippen LogP contribution >= 0.6 is 0 Å². The van der Waals surface area contributed by atoms with E-state index in [0.29, 0.717) is 0 Å². The Morgan fingerprint density at radius 3 is 1.43 bits per heavy atom. The first-order chi connectivity index (χ1) is 44.5. The number of rotatable bonds is 16. The van der Waals surface area contributed by atoms with Gasteiger partial charge in [0.2, 0.25) is 59.1 Å². The summed E-state index contributed by atoms with van der Waals surface area (Å²) in [5.74, 6) is -12.1. The quantitative estimate of drug-likeness (QED) is 0.143. The van der Waals surface area contributed by atoms with Gasteiger partial charge < -0.3 is 65.2 Å². The van der Waals surface area contributed by atoms with Crippen LogP contribution in [0.15, 0.2) is 36.4 Å². The average molecular weight is 1350 g/mol. The minimum Gasteiger partial charge on any atom is -0.478 e. The van der Waals surface area contributed by atoms with Crippen molar-refractivity contribution < 1.29 is 72.5 Å². The summed E-state index contributed by atoms with van der Waals surface area (Å²) in [6.07, 6.45) is -0.143. The highest BCUT2D eigenvalue weighted by Crippen LogP contribution is 2.38. The molecule has 96 heavy (non-hydrogen) atoms. The second-order valence-corrected chi connectivity index (χ2v) is 28.9. The maximum Gasteiger partial charge on any atom is 0.335 e. The van der Waals surface area contributed by atoms with Gasteiger partial charge in [0.1, 0.15) is 60.4 Å². The van der Waals surface area contributed by atoms with Crippen LogP contribution in [0.4, 0.5) is 0 Å². The number of nitrogens with zero attached hydrogens (tertiary/aromatic N) is 8. The predicted octanol–water partition coefficient (Wildman–Crippen LogP) is 4.39. The van der Waals surface area contributed by atoms with Gasteiger partial charge in [-0.05, 0) is 113 Å². The summed E-state index contributed by atoms with van der Waals surface area (Å²) in [4.78, 5) is 186. The number of ether oxygens (including phenoxy) is 1. The summed E-state index contributed by atoms with van der Waals surface area (Å²) in [7, 11) is 9.71. The molecule has 0 radical (unpaired) electrons. The van der Waals surface area contributed by atoms with Gasteiger partial charge in [0.05, 0.1) is 24.3 Å². The molecule has 5 N–H and O–H groups in total. The standard InChI is InChI=1S/C70H115N11O15/c1-25-26-27-43(14)58(83)57-68(93)81-56(46(17)96-69(81)47-28-30-48(31-29-47)70(94)95)66(91)74(18)36-53(82)75(19)49(32-37(2)3)61(86)73-54(41(10)11)65(90)76(20)50(33-38(4)5)60(85)71-44(15)59(84)72-45(16)62(87)77(21)51(34-39(6)7)63(88)78(22)52(35-40(8)9)64(89)79(23)55(42(12)13)67(92)80(57)24/h25-26,28-31,37-46,49-52,54-58,69,83H,27,32-36H2,1-24H3,(H,71,85)(H,72,84)(H,73,86)(H,94,95)/b26-25+/t43-,44+,45-,46+,49+,50?,51+,52+,54+,55+,56-,57+,58-,69?/m1/s1. The molecule has 0 bridgehead atoms. The number of nitrogens with one attached hydrogen (secondary N) is 3. The zero-order valence-corrected chi connectivity index (χ0v) is 61.5. The molecule has 2 fully saturated rings. The van der Waals surface area contributed by atoms with Gasteiger partial charge in [0.25, 0.3) is 5.91 Å². The van der Waals surface area contributed by atoms with E-state index in [2.05, 4.69) is 16.0 Å². The number of carbonyl (C=O) groups is 12. The molecule has 26 nitrogen and oxygen atoms in total. The van der Waals surface area contributed by atoms with Gasteiger partial charge >= 0.3 is 5.97 Å². The topological polar surface area (TPSA) is 317 Å². The molecule has 2 heterocycles. The Morgan fingerprint density at radius 2 is 0.958 bits per heavy atom. The molecule has 0 aliphatic carbocycles. The maximum absolute atomic E-state index is 16.2. The SMILES string of the molecule is C/C=C/C[C@@H](C)[C@@H](O)[C@H]1C(=O)N2C(c3ccc(C(=O)O)cc3)O[C@@H](C)[C@@H]2C(=O)N(C)CC(=O)N(C)[C@@H](CC(C)C)C(=O)N[C@@H](C(C)C)C(=O)N(C)C(CC(C)C)C(=O)N[C@@H](C)C(=O)N[C@H](C)C(=O)N(C)[C@@H](CC(C)C)C(=O)N(C)[C@@H](CC(C)C)C(=O)N(C)[C@@H](C(C)C)C(=O)N1C. The lowest BCUT2D eigenvalue weighted by Crippen LogP contribution is -2.64. The van der Waals surface area contributed by atoms with Gasteiger partial charge in [-0.1, -0.05) is 114 Å². The van der Waals surface area contributed by atoms with Crippen LogP contribution < -0.4 is 16.0 Å². The van der Waals surface area contributed by atoms with E-state index in [1.807, 2.05) is 55.4 Å². The molecule has 2 unspecified atom stereocenters. The van der Waals surface area contributed by atoms with Crippen molar-refractivity contribution in [2.24, 2.45) is 41.4 Å². The number of carboxylic acid groups (broad SMARTS) is 1. The Balaban J connectivity index is 2.48. The molecule has 0 saturated carbocycles. The number of carbonyl (C=O) groups excluding carboxylic acids is 11. The number of hydrogen-bond donors (Lipinski definition) is 5. The molecule has 3 rings (SSSR count). The van der Waals surface area contributed by atoms with E-state index in [1.165, 1.54) is 119 Å². The highest BCUT2D eigenvalue weighted by atomic mass is 16.5. The maximum atomic E-state index is 16.2. The molecule has 2 aliphatic heterocycles. The first kappa shape index (κ1) is 82.7. The zero-order valence-electron chi connectivity index (χ0n) is 61.5. The van der Waals surface area contributed by atoms with Crippen LogP contribution in [-0.4, -0.2) is 249 Å². The van der Waals surface area contributed by atoms with Crippen molar-refractivity contribution in [2.75, 3.05) is 55.9 Å². The molecule has 1 aromatic carbocycles. The van der Waals surface area contributed by atoms with E-state index in [1.54, 1.807) is 53.7 Å². The van der Waals surface area contributed by atoms with Crippen LogP contribution in [0.25, 0.3) is 0 Å². The third-order valence-corrected chi connectivity index (χ3v) is 18.3. The molecular formula is C70H115N11O15. The molecule has 11 amide bonds. The highest BCUT2D eigenvalue weighted by molar-refractivity contribution is 6.00. The minimum absolute atomic E-state index is 0.0895. The lowest BCUT2D eigenvalue weighted by molar-refractivity contribution is -0.162.